The van der Waals surface area contributed by atoms with Crippen molar-refractivity contribution in [1.82, 2.24) is 15.2 Å². The number of hydrogen-bond acceptors (Lipinski definition) is 5. The molecule has 2 aliphatic heterocycles. The highest BCUT2D eigenvalue weighted by molar-refractivity contribution is 5.93. The van der Waals surface area contributed by atoms with Gasteiger partial charge in [0.25, 0.3) is 5.91 Å². The fourth-order valence-electron chi connectivity index (χ4n) is 4.32. The Hall–Kier alpha value is -3.09. The quantitative estimate of drug-likeness (QED) is 0.783. The Labute approximate surface area is 189 Å². The average Bonchev–Trinajstić information content (AvgIpc) is 3.21. The number of amides is 2. The second-order valence-corrected chi connectivity index (χ2v) is 9.50. The van der Waals surface area contributed by atoms with Crippen molar-refractivity contribution < 1.29 is 19.1 Å². The summed E-state index contributed by atoms with van der Waals surface area (Å²) in [6.07, 6.45) is 4.17. The number of fused-ring (bicyclic) bond motifs is 1. The summed E-state index contributed by atoms with van der Waals surface area (Å²) < 4.78 is 11.8. The molecule has 7 nitrogen and oxygen atoms in total. The lowest BCUT2D eigenvalue weighted by molar-refractivity contribution is 0.0123. The van der Waals surface area contributed by atoms with E-state index in [1.807, 2.05) is 39.0 Å². The van der Waals surface area contributed by atoms with E-state index < -0.39 is 5.60 Å². The van der Waals surface area contributed by atoms with Crippen LogP contribution in [0, 0.1) is 5.92 Å². The molecule has 1 fully saturated rings. The molecule has 2 aliphatic rings. The minimum atomic E-state index is -0.473. The Kier molecular flexibility index (Phi) is 6.09. The predicted octanol–water partition coefficient (Wildman–Crippen LogP) is 4.06. The molecule has 1 atom stereocenters. The number of pyridine rings is 1. The van der Waals surface area contributed by atoms with Crippen molar-refractivity contribution in [2.24, 2.45) is 5.92 Å². The Morgan fingerprint density at radius 2 is 1.91 bits per heavy atom. The zero-order chi connectivity index (χ0) is 22.9. The van der Waals surface area contributed by atoms with E-state index in [2.05, 4.69) is 16.4 Å². The van der Waals surface area contributed by atoms with Crippen molar-refractivity contribution in [3.63, 3.8) is 0 Å². The number of benzene rings is 1. The van der Waals surface area contributed by atoms with E-state index in [0.717, 1.165) is 36.3 Å². The van der Waals surface area contributed by atoms with Gasteiger partial charge in [-0.1, -0.05) is 0 Å². The van der Waals surface area contributed by atoms with Crippen LogP contribution in [0.25, 0.3) is 11.3 Å². The largest absolute Gasteiger partial charge is 0.490 e. The number of aromatic nitrogens is 1. The third kappa shape index (κ3) is 4.87. The van der Waals surface area contributed by atoms with Crippen LogP contribution in [0.4, 0.5) is 4.79 Å². The maximum atomic E-state index is 12.3. The molecule has 1 aromatic carbocycles. The summed E-state index contributed by atoms with van der Waals surface area (Å²) in [4.78, 5) is 30.3. The fraction of sp³-hybridized carbons (Fsp3) is 0.480. The number of rotatable bonds is 3. The third-order valence-corrected chi connectivity index (χ3v) is 6.03. The molecule has 170 valence electrons. The van der Waals surface area contributed by atoms with Gasteiger partial charge in [-0.3, -0.25) is 9.78 Å². The summed E-state index contributed by atoms with van der Waals surface area (Å²) >= 11 is 0. The normalized spacial score (nSPS) is 18.6. The molecule has 0 spiro atoms. The van der Waals surface area contributed by atoms with Crippen LogP contribution < -0.4 is 10.1 Å². The molecule has 3 heterocycles. The van der Waals surface area contributed by atoms with Crippen LogP contribution in [0.15, 0.2) is 36.5 Å². The molecule has 2 aromatic rings. The molecule has 32 heavy (non-hydrogen) atoms. The van der Waals surface area contributed by atoms with Gasteiger partial charge in [-0.15, -0.1) is 0 Å². The van der Waals surface area contributed by atoms with E-state index in [1.54, 1.807) is 24.2 Å². The highest BCUT2D eigenvalue weighted by Gasteiger charge is 2.35. The van der Waals surface area contributed by atoms with Gasteiger partial charge in [0, 0.05) is 38.3 Å². The van der Waals surface area contributed by atoms with Gasteiger partial charge < -0.3 is 19.7 Å². The number of hydrogen-bond donors (Lipinski definition) is 1. The highest BCUT2D eigenvalue weighted by atomic mass is 16.6. The molecular weight excluding hydrogens is 406 g/mol. The molecule has 1 saturated heterocycles. The first kappa shape index (κ1) is 22.1. The van der Waals surface area contributed by atoms with Crippen molar-refractivity contribution in [3.05, 3.63) is 47.7 Å². The molecule has 0 radical (unpaired) electrons. The number of piperidine rings is 1. The number of carbonyl (C=O) groups is 2. The van der Waals surface area contributed by atoms with Crippen LogP contribution in [0.1, 0.15) is 49.5 Å². The lowest BCUT2D eigenvalue weighted by Gasteiger charge is -2.35. The molecule has 0 aliphatic carbocycles. The van der Waals surface area contributed by atoms with Gasteiger partial charge in [-0.25, -0.2) is 4.79 Å². The Morgan fingerprint density at radius 3 is 2.53 bits per heavy atom. The van der Waals surface area contributed by atoms with Crippen LogP contribution in [-0.2, 0) is 11.2 Å². The Morgan fingerprint density at radius 1 is 1.16 bits per heavy atom. The van der Waals surface area contributed by atoms with E-state index in [-0.39, 0.29) is 18.1 Å². The summed E-state index contributed by atoms with van der Waals surface area (Å²) in [5, 5.41) is 2.60. The van der Waals surface area contributed by atoms with Crippen LogP contribution in [0.3, 0.4) is 0 Å². The van der Waals surface area contributed by atoms with Crippen molar-refractivity contribution in [2.45, 2.75) is 51.7 Å². The first-order valence-corrected chi connectivity index (χ1v) is 11.2. The smallest absolute Gasteiger partial charge is 0.410 e. The molecule has 0 saturated carbocycles. The van der Waals surface area contributed by atoms with Crippen molar-refractivity contribution in [1.29, 1.82) is 0 Å². The lowest BCUT2D eigenvalue weighted by Crippen LogP contribution is -2.44. The van der Waals surface area contributed by atoms with Gasteiger partial charge in [0.05, 0.1) is 11.3 Å². The molecule has 7 heteroatoms. The van der Waals surface area contributed by atoms with Gasteiger partial charge in [-0.05, 0) is 75.4 Å². The van der Waals surface area contributed by atoms with E-state index >= 15 is 0 Å². The van der Waals surface area contributed by atoms with Crippen LogP contribution >= 0.6 is 0 Å². The maximum Gasteiger partial charge on any atom is 0.410 e. The van der Waals surface area contributed by atoms with E-state index in [0.29, 0.717) is 24.6 Å². The number of likely N-dealkylation sites (tertiary alicyclic amines) is 1. The lowest BCUT2D eigenvalue weighted by atomic mass is 9.89. The minimum Gasteiger partial charge on any atom is -0.490 e. The summed E-state index contributed by atoms with van der Waals surface area (Å²) in [6.45, 7) is 7.06. The monoisotopic (exact) mass is 437 g/mol. The van der Waals surface area contributed by atoms with Crippen LogP contribution in [0.5, 0.6) is 5.75 Å². The molecule has 1 N–H and O–H groups in total. The summed E-state index contributed by atoms with van der Waals surface area (Å²) in [7, 11) is 1.61. The first-order valence-electron chi connectivity index (χ1n) is 11.2. The number of ether oxygens (including phenoxy) is 2. The maximum absolute atomic E-state index is 12.3. The second kappa shape index (κ2) is 8.81. The molecule has 1 unspecified atom stereocenters. The number of nitrogens with zero attached hydrogens (tertiary/aromatic N) is 2. The zero-order valence-corrected chi connectivity index (χ0v) is 19.2. The van der Waals surface area contributed by atoms with Gasteiger partial charge >= 0.3 is 6.09 Å². The van der Waals surface area contributed by atoms with Crippen LogP contribution in [-0.4, -0.2) is 53.7 Å². The topological polar surface area (TPSA) is 80.8 Å². The summed E-state index contributed by atoms with van der Waals surface area (Å²) in [5.41, 5.74) is 3.09. The predicted molar refractivity (Wildman–Crippen MR) is 122 cm³/mol. The second-order valence-electron chi connectivity index (χ2n) is 9.50. The SMILES string of the molecule is CNC(=O)c1ccc(-c2ccc3c(c2)CC(C2CCN(C(=O)OC(C)(C)C)CC2)O3)nc1. The van der Waals surface area contributed by atoms with Crippen molar-refractivity contribution in [3.8, 4) is 17.0 Å². The van der Waals surface area contributed by atoms with Gasteiger partial charge in [0.2, 0.25) is 0 Å². The van der Waals surface area contributed by atoms with E-state index in [4.69, 9.17) is 9.47 Å². The molecule has 4 rings (SSSR count). The van der Waals surface area contributed by atoms with Gasteiger partial charge in [0.1, 0.15) is 17.5 Å². The van der Waals surface area contributed by atoms with Crippen molar-refractivity contribution >= 4 is 12.0 Å². The zero-order valence-electron chi connectivity index (χ0n) is 19.2. The third-order valence-electron chi connectivity index (χ3n) is 6.03. The summed E-state index contributed by atoms with van der Waals surface area (Å²) in [5.74, 6) is 1.19. The average molecular weight is 438 g/mol. The van der Waals surface area contributed by atoms with Gasteiger partial charge in [-0.2, -0.15) is 0 Å². The van der Waals surface area contributed by atoms with E-state index in [9.17, 15) is 9.59 Å². The standard InChI is InChI=1S/C25H31N3O4/c1-25(2,3)32-24(30)28-11-9-16(10-12-28)22-14-19-13-17(6-8-21(19)31-22)20-7-5-18(15-27-20)23(29)26-4/h5-8,13,15-16,22H,9-12,14H2,1-4H3,(H,26,29). The number of nitrogens with one attached hydrogen (secondary N) is 1. The van der Waals surface area contributed by atoms with E-state index in [1.165, 1.54) is 5.56 Å². The fourth-order valence-corrected chi connectivity index (χ4v) is 4.32. The molecule has 1 aromatic heterocycles. The van der Waals surface area contributed by atoms with Gasteiger partial charge in [0.15, 0.2) is 0 Å². The Balaban J connectivity index is 1.37. The summed E-state index contributed by atoms with van der Waals surface area (Å²) in [6, 6.07) is 9.80. The number of carbonyl (C=O) groups excluding carboxylic acids is 2. The molecule has 0 bridgehead atoms. The molecular formula is C25H31N3O4. The minimum absolute atomic E-state index is 0.129. The first-order chi connectivity index (χ1) is 15.2. The molecule has 2 amide bonds. The highest BCUT2D eigenvalue weighted by Crippen LogP contribution is 2.37. The van der Waals surface area contributed by atoms with Crippen LogP contribution in [0.2, 0.25) is 0 Å². The Bertz CT molecular complexity index is 989. The van der Waals surface area contributed by atoms with Crippen molar-refractivity contribution in [2.75, 3.05) is 20.1 Å².